The lowest BCUT2D eigenvalue weighted by Crippen LogP contribution is -2.10. The topological polar surface area (TPSA) is 41.6 Å². The fraction of sp³-hybridized carbons (Fsp3) is 0.176. The van der Waals surface area contributed by atoms with Gasteiger partial charge in [0.1, 0.15) is 11.6 Å². The maximum atomic E-state index is 14.1. The first-order chi connectivity index (χ1) is 11.3. The van der Waals surface area contributed by atoms with Crippen molar-refractivity contribution in [1.82, 2.24) is 15.0 Å². The Morgan fingerprint density at radius 3 is 2.54 bits per heavy atom. The van der Waals surface area contributed by atoms with Crippen LogP contribution in [0, 0.1) is 12.7 Å². The summed E-state index contributed by atoms with van der Waals surface area (Å²) in [6.07, 6.45) is -3.26. The van der Waals surface area contributed by atoms with Gasteiger partial charge in [0.25, 0.3) is 0 Å². The van der Waals surface area contributed by atoms with E-state index in [1.54, 1.807) is 6.07 Å². The average Bonchev–Trinajstić information content (AvgIpc) is 2.97. The van der Waals surface area contributed by atoms with Gasteiger partial charge >= 0.3 is 6.18 Å². The number of aromatic nitrogens is 3. The van der Waals surface area contributed by atoms with Gasteiger partial charge in [0.05, 0.1) is 23.1 Å². The van der Waals surface area contributed by atoms with Crippen molar-refractivity contribution in [3.8, 4) is 11.4 Å². The number of hydrogen-bond acceptors (Lipinski definition) is 2. The average molecular weight is 335 g/mol. The molecule has 0 fully saturated rings. The highest BCUT2D eigenvalue weighted by Crippen LogP contribution is 2.32. The minimum Gasteiger partial charge on any atom is -0.340 e. The number of alkyl halides is 3. The molecular weight excluding hydrogens is 322 g/mol. The largest absolute Gasteiger partial charge is 0.419 e. The van der Waals surface area contributed by atoms with E-state index in [0.717, 1.165) is 11.8 Å². The third-order valence-corrected chi connectivity index (χ3v) is 3.53. The normalized spacial score (nSPS) is 11.7. The van der Waals surface area contributed by atoms with Crippen molar-refractivity contribution in [3.63, 3.8) is 0 Å². The van der Waals surface area contributed by atoms with Gasteiger partial charge in [-0.05, 0) is 30.7 Å². The summed E-state index contributed by atoms with van der Waals surface area (Å²) in [5.41, 5.74) is 0.780. The van der Waals surface area contributed by atoms with Gasteiger partial charge in [-0.25, -0.2) is 9.37 Å². The molecule has 0 radical (unpaired) electrons. The molecule has 7 heteroatoms. The van der Waals surface area contributed by atoms with Crippen LogP contribution in [0.3, 0.4) is 0 Å². The zero-order valence-corrected chi connectivity index (χ0v) is 12.7. The summed E-state index contributed by atoms with van der Waals surface area (Å²) in [5, 5.41) is 0. The molecule has 0 atom stereocenters. The Morgan fingerprint density at radius 1 is 1.08 bits per heavy atom. The van der Waals surface area contributed by atoms with E-state index in [9.17, 15) is 17.6 Å². The molecule has 0 aliphatic carbocycles. The minimum absolute atomic E-state index is 0.0667. The number of benzene rings is 1. The van der Waals surface area contributed by atoms with Crippen LogP contribution in [0.2, 0.25) is 0 Å². The number of pyridine rings is 1. The maximum absolute atomic E-state index is 14.1. The third kappa shape index (κ3) is 3.29. The number of H-pyrrole nitrogens is 1. The number of aromatic amines is 1. The predicted octanol–water partition coefficient (Wildman–Crippen LogP) is 4.53. The first-order valence-electron chi connectivity index (χ1n) is 7.17. The van der Waals surface area contributed by atoms with Crippen molar-refractivity contribution in [2.45, 2.75) is 19.5 Å². The fourth-order valence-electron chi connectivity index (χ4n) is 2.39. The summed E-state index contributed by atoms with van der Waals surface area (Å²) >= 11 is 0. The zero-order valence-electron chi connectivity index (χ0n) is 12.7. The van der Waals surface area contributed by atoms with Gasteiger partial charge in [-0.15, -0.1) is 0 Å². The summed E-state index contributed by atoms with van der Waals surface area (Å²) in [7, 11) is 0. The Kier molecular flexibility index (Phi) is 4.09. The quantitative estimate of drug-likeness (QED) is 0.715. The van der Waals surface area contributed by atoms with Gasteiger partial charge in [0.2, 0.25) is 0 Å². The molecule has 3 rings (SSSR count). The molecule has 0 saturated carbocycles. The fourth-order valence-corrected chi connectivity index (χ4v) is 2.39. The molecule has 0 unspecified atom stereocenters. The van der Waals surface area contributed by atoms with Crippen LogP contribution >= 0.6 is 0 Å². The second-order valence-electron chi connectivity index (χ2n) is 5.36. The number of imidazole rings is 1. The molecule has 0 amide bonds. The van der Waals surface area contributed by atoms with Gasteiger partial charge in [0.15, 0.2) is 0 Å². The summed E-state index contributed by atoms with van der Waals surface area (Å²) in [6.45, 7) is 1.85. The van der Waals surface area contributed by atoms with Crippen molar-refractivity contribution in [2.24, 2.45) is 0 Å². The summed E-state index contributed by atoms with van der Waals surface area (Å²) in [4.78, 5) is 11.4. The maximum Gasteiger partial charge on any atom is 0.419 e. The van der Waals surface area contributed by atoms with Crippen molar-refractivity contribution in [3.05, 3.63) is 71.1 Å². The summed E-state index contributed by atoms with van der Waals surface area (Å²) < 4.78 is 52.3. The first-order valence-corrected chi connectivity index (χ1v) is 7.17. The molecule has 124 valence electrons. The van der Waals surface area contributed by atoms with Crippen molar-refractivity contribution in [2.75, 3.05) is 0 Å². The number of nitrogens with one attached hydrogen (secondary N) is 1. The van der Waals surface area contributed by atoms with E-state index in [4.69, 9.17) is 0 Å². The second-order valence-corrected chi connectivity index (χ2v) is 5.36. The van der Waals surface area contributed by atoms with Crippen LogP contribution in [0.1, 0.15) is 22.6 Å². The number of hydrogen-bond donors (Lipinski definition) is 1. The van der Waals surface area contributed by atoms with Crippen LogP contribution in [0.4, 0.5) is 17.6 Å². The molecule has 3 aromatic rings. The Hall–Kier alpha value is -2.70. The SMILES string of the molecule is Cc1cccc(-c2cnc(Cc3cccc(C(F)(F)F)c3F)[nH]2)n1. The highest BCUT2D eigenvalue weighted by Gasteiger charge is 2.34. The molecule has 1 N–H and O–H groups in total. The van der Waals surface area contributed by atoms with Gasteiger partial charge in [-0.3, -0.25) is 4.98 Å². The third-order valence-electron chi connectivity index (χ3n) is 3.53. The number of aryl methyl sites for hydroxylation is 1. The van der Waals surface area contributed by atoms with Crippen LogP contribution in [0.5, 0.6) is 0 Å². The Labute approximate surface area is 135 Å². The van der Waals surface area contributed by atoms with E-state index in [1.165, 1.54) is 18.3 Å². The smallest absolute Gasteiger partial charge is 0.340 e. The van der Waals surface area contributed by atoms with Crippen molar-refractivity contribution >= 4 is 0 Å². The van der Waals surface area contributed by atoms with Gasteiger partial charge in [-0.2, -0.15) is 13.2 Å². The molecule has 24 heavy (non-hydrogen) atoms. The molecule has 0 spiro atoms. The van der Waals surface area contributed by atoms with Crippen LogP contribution in [-0.2, 0) is 12.6 Å². The lowest BCUT2D eigenvalue weighted by molar-refractivity contribution is -0.140. The lowest BCUT2D eigenvalue weighted by atomic mass is 10.1. The molecule has 0 aliphatic heterocycles. The van der Waals surface area contributed by atoms with Crippen LogP contribution in [-0.4, -0.2) is 15.0 Å². The van der Waals surface area contributed by atoms with E-state index < -0.39 is 17.6 Å². The highest BCUT2D eigenvalue weighted by atomic mass is 19.4. The number of nitrogens with zero attached hydrogens (tertiary/aromatic N) is 2. The van der Waals surface area contributed by atoms with Gasteiger partial charge < -0.3 is 4.98 Å². The van der Waals surface area contributed by atoms with E-state index in [-0.39, 0.29) is 12.0 Å². The van der Waals surface area contributed by atoms with E-state index in [0.29, 0.717) is 17.2 Å². The Morgan fingerprint density at radius 2 is 1.83 bits per heavy atom. The number of rotatable bonds is 3. The summed E-state index contributed by atoms with van der Waals surface area (Å²) in [6, 6.07) is 8.70. The molecule has 3 nitrogen and oxygen atoms in total. The van der Waals surface area contributed by atoms with Crippen molar-refractivity contribution < 1.29 is 17.6 Å². The lowest BCUT2D eigenvalue weighted by Gasteiger charge is -2.10. The van der Waals surface area contributed by atoms with E-state index in [1.807, 2.05) is 19.1 Å². The monoisotopic (exact) mass is 335 g/mol. The first kappa shape index (κ1) is 16.2. The predicted molar refractivity (Wildman–Crippen MR) is 80.8 cm³/mol. The second kappa shape index (κ2) is 6.07. The highest BCUT2D eigenvalue weighted by molar-refractivity contribution is 5.53. The molecule has 0 bridgehead atoms. The standard InChI is InChI=1S/C17H13F4N3/c1-10-4-2-7-13(23-10)14-9-22-15(24-14)8-11-5-3-6-12(16(11)18)17(19,20)21/h2-7,9H,8H2,1H3,(H,22,24). The van der Waals surface area contributed by atoms with E-state index in [2.05, 4.69) is 15.0 Å². The van der Waals surface area contributed by atoms with Crippen LogP contribution in [0.25, 0.3) is 11.4 Å². The molecule has 1 aromatic carbocycles. The molecule has 0 saturated heterocycles. The molecule has 2 aromatic heterocycles. The van der Waals surface area contributed by atoms with Crippen LogP contribution in [0.15, 0.2) is 42.6 Å². The van der Waals surface area contributed by atoms with Crippen LogP contribution < -0.4 is 0 Å². The molecular formula is C17H13F4N3. The summed E-state index contributed by atoms with van der Waals surface area (Å²) in [5.74, 6) is -0.900. The minimum atomic E-state index is -4.72. The number of halogens is 4. The van der Waals surface area contributed by atoms with Gasteiger partial charge in [-0.1, -0.05) is 18.2 Å². The van der Waals surface area contributed by atoms with E-state index >= 15 is 0 Å². The van der Waals surface area contributed by atoms with Crippen molar-refractivity contribution in [1.29, 1.82) is 0 Å². The van der Waals surface area contributed by atoms with Gasteiger partial charge in [0, 0.05) is 12.1 Å². The Bertz CT molecular complexity index is 868. The molecule has 2 heterocycles. The zero-order chi connectivity index (χ0) is 17.3. The Balaban J connectivity index is 1.88. The molecule has 0 aliphatic rings.